The molecule has 18 heavy (non-hydrogen) atoms. The van der Waals surface area contributed by atoms with E-state index in [1.54, 1.807) is 0 Å². The lowest BCUT2D eigenvalue weighted by atomic mass is 9.95. The quantitative estimate of drug-likeness (QED) is 0.840. The molecular weight excluding hydrogens is 220 g/mol. The van der Waals surface area contributed by atoms with Crippen molar-refractivity contribution >= 4 is 5.69 Å². The number of nitrogens with two attached hydrogens (primary N) is 1. The Morgan fingerprint density at radius 1 is 0.944 bits per heavy atom. The highest BCUT2D eigenvalue weighted by Gasteiger charge is 2.14. The Kier molecular flexibility index (Phi) is 4.37. The molecule has 2 unspecified atom stereocenters. The fourth-order valence-electron chi connectivity index (χ4n) is 1.97. The summed E-state index contributed by atoms with van der Waals surface area (Å²) in [6.45, 7) is 3.05. The van der Waals surface area contributed by atoms with Crippen LogP contribution in [0.25, 0.3) is 0 Å². The standard InChI is InChI=1S/C16H20N2/c1-13(12-18-15-10-6-3-7-11-15)16(17)14-8-4-2-5-9-14/h2-11,13,16,18H,12,17H2,1H3. The summed E-state index contributed by atoms with van der Waals surface area (Å²) in [5, 5.41) is 3.42. The third-order valence-corrected chi connectivity index (χ3v) is 3.20. The van der Waals surface area contributed by atoms with Gasteiger partial charge in [-0.15, -0.1) is 0 Å². The number of rotatable bonds is 5. The first-order valence-electron chi connectivity index (χ1n) is 6.37. The number of anilines is 1. The number of hydrogen-bond donors (Lipinski definition) is 2. The normalized spacial score (nSPS) is 13.9. The first-order valence-corrected chi connectivity index (χ1v) is 6.37. The van der Waals surface area contributed by atoms with Crippen molar-refractivity contribution in [2.45, 2.75) is 13.0 Å². The van der Waals surface area contributed by atoms with Gasteiger partial charge in [-0.2, -0.15) is 0 Å². The second-order valence-corrected chi connectivity index (χ2v) is 4.66. The third-order valence-electron chi connectivity index (χ3n) is 3.20. The molecule has 2 nitrogen and oxygen atoms in total. The average molecular weight is 240 g/mol. The Bertz CT molecular complexity index is 453. The van der Waals surface area contributed by atoms with Gasteiger partial charge in [0.1, 0.15) is 0 Å². The minimum atomic E-state index is 0.0717. The summed E-state index contributed by atoms with van der Waals surface area (Å²) in [4.78, 5) is 0. The largest absolute Gasteiger partial charge is 0.385 e. The van der Waals surface area contributed by atoms with Gasteiger partial charge in [0, 0.05) is 18.3 Å². The van der Waals surface area contributed by atoms with Gasteiger partial charge in [-0.1, -0.05) is 55.5 Å². The molecule has 2 rings (SSSR count). The molecular formula is C16H20N2. The molecule has 0 heterocycles. The number of nitrogens with one attached hydrogen (secondary N) is 1. The van der Waals surface area contributed by atoms with E-state index in [1.807, 2.05) is 36.4 Å². The lowest BCUT2D eigenvalue weighted by Gasteiger charge is -2.21. The SMILES string of the molecule is CC(CNc1ccccc1)C(N)c1ccccc1. The lowest BCUT2D eigenvalue weighted by Crippen LogP contribution is -2.25. The van der Waals surface area contributed by atoms with Gasteiger partial charge in [0.25, 0.3) is 0 Å². The van der Waals surface area contributed by atoms with Crippen LogP contribution < -0.4 is 11.1 Å². The number of hydrogen-bond acceptors (Lipinski definition) is 2. The van der Waals surface area contributed by atoms with Crippen molar-refractivity contribution in [1.29, 1.82) is 0 Å². The maximum absolute atomic E-state index is 6.26. The number of benzene rings is 2. The Balaban J connectivity index is 1.90. The Labute approximate surface area is 109 Å². The summed E-state index contributed by atoms with van der Waals surface area (Å²) in [5.41, 5.74) is 8.60. The molecule has 0 saturated carbocycles. The van der Waals surface area contributed by atoms with Crippen LogP contribution in [0.2, 0.25) is 0 Å². The van der Waals surface area contributed by atoms with Crippen molar-refractivity contribution in [2.75, 3.05) is 11.9 Å². The molecule has 94 valence electrons. The molecule has 0 aliphatic heterocycles. The second kappa shape index (κ2) is 6.22. The predicted molar refractivity (Wildman–Crippen MR) is 77.5 cm³/mol. The monoisotopic (exact) mass is 240 g/mol. The van der Waals surface area contributed by atoms with Gasteiger partial charge >= 0.3 is 0 Å². The summed E-state index contributed by atoms with van der Waals surface area (Å²) >= 11 is 0. The molecule has 0 amide bonds. The Morgan fingerprint density at radius 3 is 2.11 bits per heavy atom. The third kappa shape index (κ3) is 3.34. The molecule has 0 aliphatic carbocycles. The molecule has 2 heteroatoms. The molecule has 2 aromatic rings. The van der Waals surface area contributed by atoms with Crippen molar-refractivity contribution in [3.05, 3.63) is 66.2 Å². The first-order chi connectivity index (χ1) is 8.77. The predicted octanol–water partition coefficient (Wildman–Crippen LogP) is 3.43. The van der Waals surface area contributed by atoms with Crippen molar-refractivity contribution < 1.29 is 0 Å². The van der Waals surface area contributed by atoms with E-state index < -0.39 is 0 Å². The summed E-state index contributed by atoms with van der Waals surface area (Å²) in [6.07, 6.45) is 0. The molecule has 0 aromatic heterocycles. The smallest absolute Gasteiger partial charge is 0.0340 e. The summed E-state index contributed by atoms with van der Waals surface area (Å²) in [7, 11) is 0. The zero-order valence-electron chi connectivity index (χ0n) is 10.7. The van der Waals surface area contributed by atoms with Gasteiger partial charge in [0.15, 0.2) is 0 Å². The lowest BCUT2D eigenvalue weighted by molar-refractivity contribution is 0.493. The second-order valence-electron chi connectivity index (χ2n) is 4.66. The van der Waals surface area contributed by atoms with E-state index in [2.05, 4.69) is 36.5 Å². The molecule has 0 aliphatic rings. The molecule has 0 spiro atoms. The van der Waals surface area contributed by atoms with Gasteiger partial charge in [-0.05, 0) is 23.6 Å². The van der Waals surface area contributed by atoms with Gasteiger partial charge in [0.2, 0.25) is 0 Å². The van der Waals surface area contributed by atoms with Crippen LogP contribution >= 0.6 is 0 Å². The van der Waals surface area contributed by atoms with Crippen LogP contribution in [0.1, 0.15) is 18.5 Å². The van der Waals surface area contributed by atoms with Crippen LogP contribution in [-0.2, 0) is 0 Å². The van der Waals surface area contributed by atoms with Crippen LogP contribution in [0.3, 0.4) is 0 Å². The van der Waals surface area contributed by atoms with Crippen molar-refractivity contribution in [1.82, 2.24) is 0 Å². The Hall–Kier alpha value is -1.80. The number of para-hydroxylation sites is 1. The van der Waals surface area contributed by atoms with Crippen molar-refractivity contribution in [2.24, 2.45) is 11.7 Å². The fourth-order valence-corrected chi connectivity index (χ4v) is 1.97. The van der Waals surface area contributed by atoms with Gasteiger partial charge < -0.3 is 11.1 Å². The van der Waals surface area contributed by atoms with E-state index in [0.717, 1.165) is 12.2 Å². The molecule has 2 atom stereocenters. The van der Waals surface area contributed by atoms with Gasteiger partial charge in [-0.3, -0.25) is 0 Å². The van der Waals surface area contributed by atoms with E-state index >= 15 is 0 Å². The van der Waals surface area contributed by atoms with Crippen LogP contribution in [0.4, 0.5) is 5.69 Å². The highest BCUT2D eigenvalue weighted by atomic mass is 14.9. The summed E-state index contributed by atoms with van der Waals surface area (Å²) in [6, 6.07) is 20.6. The zero-order chi connectivity index (χ0) is 12.8. The Morgan fingerprint density at radius 2 is 1.50 bits per heavy atom. The van der Waals surface area contributed by atoms with E-state index in [1.165, 1.54) is 5.56 Å². The molecule has 0 bridgehead atoms. The minimum absolute atomic E-state index is 0.0717. The molecule has 2 aromatic carbocycles. The van der Waals surface area contributed by atoms with E-state index in [9.17, 15) is 0 Å². The van der Waals surface area contributed by atoms with E-state index in [-0.39, 0.29) is 6.04 Å². The highest BCUT2D eigenvalue weighted by Crippen LogP contribution is 2.19. The van der Waals surface area contributed by atoms with Gasteiger partial charge in [-0.25, -0.2) is 0 Å². The van der Waals surface area contributed by atoms with Crippen molar-refractivity contribution in [3.8, 4) is 0 Å². The van der Waals surface area contributed by atoms with Crippen LogP contribution in [0.5, 0.6) is 0 Å². The minimum Gasteiger partial charge on any atom is -0.385 e. The van der Waals surface area contributed by atoms with E-state index in [4.69, 9.17) is 5.73 Å². The van der Waals surface area contributed by atoms with Crippen molar-refractivity contribution in [3.63, 3.8) is 0 Å². The molecule has 0 radical (unpaired) electrons. The average Bonchev–Trinajstić information content (AvgIpc) is 2.46. The summed E-state index contributed by atoms with van der Waals surface area (Å²) in [5.74, 6) is 0.382. The van der Waals surface area contributed by atoms with Crippen LogP contribution in [-0.4, -0.2) is 6.54 Å². The maximum atomic E-state index is 6.26. The van der Waals surface area contributed by atoms with Crippen LogP contribution in [0.15, 0.2) is 60.7 Å². The molecule has 0 saturated heterocycles. The first kappa shape index (κ1) is 12.7. The maximum Gasteiger partial charge on any atom is 0.0340 e. The molecule has 0 fully saturated rings. The topological polar surface area (TPSA) is 38.0 Å². The zero-order valence-corrected chi connectivity index (χ0v) is 10.7. The fraction of sp³-hybridized carbons (Fsp3) is 0.250. The van der Waals surface area contributed by atoms with Gasteiger partial charge in [0.05, 0.1) is 0 Å². The van der Waals surface area contributed by atoms with Crippen LogP contribution in [0, 0.1) is 5.92 Å². The molecule has 3 N–H and O–H groups in total. The highest BCUT2D eigenvalue weighted by molar-refractivity contribution is 5.42. The van der Waals surface area contributed by atoms with E-state index in [0.29, 0.717) is 5.92 Å². The summed E-state index contributed by atoms with van der Waals surface area (Å²) < 4.78 is 0.